The lowest BCUT2D eigenvalue weighted by molar-refractivity contribution is 0.0690. The molecule has 1 saturated carbocycles. The molecule has 0 unspecified atom stereocenters. The van der Waals surface area contributed by atoms with Crippen LogP contribution in [0.5, 0.6) is 0 Å². The second-order valence-electron chi connectivity index (χ2n) is 4.99. The zero-order chi connectivity index (χ0) is 13.1. The minimum Gasteiger partial charge on any atom is -0.339 e. The van der Waals surface area contributed by atoms with E-state index in [1.165, 1.54) is 24.3 Å². The third kappa shape index (κ3) is 2.88. The van der Waals surface area contributed by atoms with Crippen molar-refractivity contribution in [2.24, 2.45) is 5.73 Å². The van der Waals surface area contributed by atoms with E-state index in [1.54, 1.807) is 4.90 Å². The fraction of sp³-hybridized carbons (Fsp3) is 0.500. The van der Waals surface area contributed by atoms with Crippen LogP contribution in [0, 0.1) is 5.82 Å². The Labute approximate surface area is 107 Å². The summed E-state index contributed by atoms with van der Waals surface area (Å²) in [6.45, 7) is 0. The van der Waals surface area contributed by atoms with Gasteiger partial charge in [-0.2, -0.15) is 0 Å². The third-order valence-corrected chi connectivity index (χ3v) is 3.70. The summed E-state index contributed by atoms with van der Waals surface area (Å²) in [5.41, 5.74) is 6.39. The van der Waals surface area contributed by atoms with Gasteiger partial charge in [0.1, 0.15) is 5.82 Å². The summed E-state index contributed by atoms with van der Waals surface area (Å²) in [5.74, 6) is -0.367. The summed E-state index contributed by atoms with van der Waals surface area (Å²) in [6.07, 6.45) is 3.83. The van der Waals surface area contributed by atoms with Crippen molar-refractivity contribution in [3.8, 4) is 0 Å². The van der Waals surface area contributed by atoms with Crippen LogP contribution in [0.25, 0.3) is 0 Å². The van der Waals surface area contributed by atoms with Gasteiger partial charge < -0.3 is 10.6 Å². The molecule has 4 heteroatoms. The van der Waals surface area contributed by atoms with Gasteiger partial charge in [-0.15, -0.1) is 0 Å². The Morgan fingerprint density at radius 3 is 2.33 bits per heavy atom. The maximum Gasteiger partial charge on any atom is 0.253 e. The van der Waals surface area contributed by atoms with E-state index in [2.05, 4.69) is 0 Å². The van der Waals surface area contributed by atoms with Gasteiger partial charge in [0, 0.05) is 24.7 Å². The number of hydrogen-bond donors (Lipinski definition) is 1. The average Bonchev–Trinajstić information content (AvgIpc) is 2.39. The third-order valence-electron chi connectivity index (χ3n) is 3.70. The Morgan fingerprint density at radius 1 is 1.22 bits per heavy atom. The number of rotatable bonds is 2. The smallest absolute Gasteiger partial charge is 0.253 e. The van der Waals surface area contributed by atoms with Crippen molar-refractivity contribution in [3.63, 3.8) is 0 Å². The highest BCUT2D eigenvalue weighted by Gasteiger charge is 2.25. The van der Waals surface area contributed by atoms with Gasteiger partial charge in [0.2, 0.25) is 0 Å². The molecule has 1 aromatic rings. The molecule has 3 nitrogen and oxygen atoms in total. The molecule has 0 aromatic heterocycles. The zero-order valence-electron chi connectivity index (χ0n) is 10.6. The number of benzene rings is 1. The molecule has 0 radical (unpaired) electrons. The number of nitrogens with two attached hydrogens (primary N) is 1. The largest absolute Gasteiger partial charge is 0.339 e. The molecule has 0 spiro atoms. The van der Waals surface area contributed by atoms with Crippen molar-refractivity contribution in [1.82, 2.24) is 4.90 Å². The second kappa shape index (κ2) is 5.48. The van der Waals surface area contributed by atoms with Gasteiger partial charge in [-0.3, -0.25) is 4.79 Å². The van der Waals surface area contributed by atoms with Crippen molar-refractivity contribution in [2.75, 3.05) is 7.05 Å². The van der Waals surface area contributed by atoms with Gasteiger partial charge in [-0.25, -0.2) is 4.39 Å². The Balaban J connectivity index is 2.02. The van der Waals surface area contributed by atoms with Crippen molar-refractivity contribution >= 4 is 5.91 Å². The summed E-state index contributed by atoms with van der Waals surface area (Å²) in [5, 5.41) is 0. The molecule has 1 aliphatic carbocycles. The molecule has 1 fully saturated rings. The van der Waals surface area contributed by atoms with Crippen molar-refractivity contribution in [3.05, 3.63) is 35.6 Å². The monoisotopic (exact) mass is 250 g/mol. The molecule has 2 rings (SSSR count). The lowest BCUT2D eigenvalue weighted by Crippen LogP contribution is -2.41. The van der Waals surface area contributed by atoms with Gasteiger partial charge in [0.15, 0.2) is 0 Å². The number of amides is 1. The Morgan fingerprint density at radius 2 is 1.78 bits per heavy atom. The molecule has 0 heterocycles. The molecule has 0 bridgehead atoms. The average molecular weight is 250 g/mol. The quantitative estimate of drug-likeness (QED) is 0.874. The first-order valence-corrected chi connectivity index (χ1v) is 6.36. The first-order valence-electron chi connectivity index (χ1n) is 6.36. The second-order valence-corrected chi connectivity index (χ2v) is 4.99. The number of nitrogens with zero attached hydrogens (tertiary/aromatic N) is 1. The van der Waals surface area contributed by atoms with Crippen molar-refractivity contribution in [1.29, 1.82) is 0 Å². The Bertz CT molecular complexity index is 410. The van der Waals surface area contributed by atoms with Crippen molar-refractivity contribution < 1.29 is 9.18 Å². The van der Waals surface area contributed by atoms with E-state index in [1.807, 2.05) is 7.05 Å². The van der Waals surface area contributed by atoms with Crippen LogP contribution < -0.4 is 5.73 Å². The molecule has 18 heavy (non-hydrogen) atoms. The highest BCUT2D eigenvalue weighted by Crippen LogP contribution is 2.22. The summed E-state index contributed by atoms with van der Waals surface area (Å²) in [7, 11) is 1.81. The van der Waals surface area contributed by atoms with E-state index in [9.17, 15) is 9.18 Å². The molecule has 0 atom stereocenters. The lowest BCUT2D eigenvalue weighted by Gasteiger charge is -2.33. The van der Waals surface area contributed by atoms with E-state index >= 15 is 0 Å². The molecule has 98 valence electrons. The van der Waals surface area contributed by atoms with E-state index in [0.29, 0.717) is 5.56 Å². The van der Waals surface area contributed by atoms with Crippen LogP contribution in [0.1, 0.15) is 36.0 Å². The first kappa shape index (κ1) is 13.0. The van der Waals surface area contributed by atoms with Crippen LogP contribution in [-0.4, -0.2) is 29.9 Å². The van der Waals surface area contributed by atoms with Gasteiger partial charge in [-0.1, -0.05) is 0 Å². The highest BCUT2D eigenvalue weighted by molar-refractivity contribution is 5.94. The SMILES string of the molecule is CN(C(=O)c1ccc(F)cc1)C1CCC(N)CC1. The minimum absolute atomic E-state index is 0.0459. The normalized spacial score (nSPS) is 23.7. The fourth-order valence-electron chi connectivity index (χ4n) is 2.45. The predicted molar refractivity (Wildman–Crippen MR) is 68.7 cm³/mol. The van der Waals surface area contributed by atoms with Crippen molar-refractivity contribution in [2.45, 2.75) is 37.8 Å². The first-order chi connectivity index (χ1) is 8.58. The van der Waals surface area contributed by atoms with E-state index < -0.39 is 0 Å². The maximum absolute atomic E-state index is 12.8. The predicted octanol–water partition coefficient (Wildman–Crippen LogP) is 2.17. The molecule has 1 amide bonds. The minimum atomic E-state index is -0.321. The Kier molecular flexibility index (Phi) is 3.97. The molecule has 1 aliphatic rings. The topological polar surface area (TPSA) is 46.3 Å². The highest BCUT2D eigenvalue weighted by atomic mass is 19.1. The zero-order valence-corrected chi connectivity index (χ0v) is 10.6. The van der Waals surface area contributed by atoms with Crippen LogP contribution in [0.15, 0.2) is 24.3 Å². The van der Waals surface area contributed by atoms with Crippen LogP contribution in [0.3, 0.4) is 0 Å². The number of hydrogen-bond acceptors (Lipinski definition) is 2. The van der Waals surface area contributed by atoms with Gasteiger partial charge >= 0.3 is 0 Å². The summed E-state index contributed by atoms with van der Waals surface area (Å²) in [4.78, 5) is 14.0. The van der Waals surface area contributed by atoms with Gasteiger partial charge in [0.25, 0.3) is 5.91 Å². The lowest BCUT2D eigenvalue weighted by atomic mass is 9.90. The fourth-order valence-corrected chi connectivity index (χ4v) is 2.45. The Hall–Kier alpha value is -1.42. The molecule has 0 aliphatic heterocycles. The van der Waals surface area contributed by atoms with E-state index in [4.69, 9.17) is 5.73 Å². The number of carbonyl (C=O) groups is 1. The van der Waals surface area contributed by atoms with E-state index in [0.717, 1.165) is 25.7 Å². The number of carbonyl (C=O) groups excluding carboxylic acids is 1. The number of halogens is 1. The summed E-state index contributed by atoms with van der Waals surface area (Å²) < 4.78 is 12.8. The molecule has 2 N–H and O–H groups in total. The van der Waals surface area contributed by atoms with Crippen LogP contribution in [0.4, 0.5) is 4.39 Å². The molecule has 1 aromatic carbocycles. The van der Waals surface area contributed by atoms with Crippen LogP contribution >= 0.6 is 0 Å². The van der Waals surface area contributed by atoms with Crippen LogP contribution in [-0.2, 0) is 0 Å². The van der Waals surface area contributed by atoms with Gasteiger partial charge in [-0.05, 0) is 49.9 Å². The molecule has 0 saturated heterocycles. The summed E-state index contributed by atoms with van der Waals surface area (Å²) >= 11 is 0. The summed E-state index contributed by atoms with van der Waals surface area (Å²) in [6, 6.07) is 6.22. The van der Waals surface area contributed by atoms with Gasteiger partial charge in [0.05, 0.1) is 0 Å². The standard InChI is InChI=1S/C14H19FN2O/c1-17(13-8-6-12(16)7-9-13)14(18)10-2-4-11(15)5-3-10/h2-5,12-13H,6-9,16H2,1H3. The molecular weight excluding hydrogens is 231 g/mol. The maximum atomic E-state index is 12.8. The van der Waals surface area contributed by atoms with Crippen LogP contribution in [0.2, 0.25) is 0 Å². The molecular formula is C14H19FN2O. The van der Waals surface area contributed by atoms with E-state index in [-0.39, 0.29) is 23.8 Å².